The molecule has 0 amide bonds. The van der Waals surface area contributed by atoms with E-state index in [1.54, 1.807) is 0 Å². The Morgan fingerprint density at radius 1 is 0.690 bits per heavy atom. The Hall–Kier alpha value is -3.03. The summed E-state index contributed by atoms with van der Waals surface area (Å²) in [4.78, 5) is 0. The molecule has 1 aliphatic carbocycles. The van der Waals surface area contributed by atoms with Gasteiger partial charge in [-0.2, -0.15) is 0 Å². The summed E-state index contributed by atoms with van der Waals surface area (Å²) < 4.78 is 6.33. The summed E-state index contributed by atoms with van der Waals surface area (Å²) in [7, 11) is 0. The molecule has 5 aromatic rings. The third-order valence-electron chi connectivity index (χ3n) is 6.37. The largest absolute Gasteiger partial charge is 0.455 e. The van der Waals surface area contributed by atoms with Crippen LogP contribution < -0.4 is 0 Å². The monoisotopic (exact) mass is 394 g/mol. The van der Waals surface area contributed by atoms with Crippen molar-refractivity contribution < 1.29 is 4.42 Å². The molecule has 140 valence electrons. The molecule has 0 fully saturated rings. The van der Waals surface area contributed by atoms with E-state index in [1.807, 2.05) is 18.2 Å². The number of halogens is 1. The molecule has 6 rings (SSSR count). The van der Waals surface area contributed by atoms with E-state index < -0.39 is 0 Å². The van der Waals surface area contributed by atoms with Crippen molar-refractivity contribution in [3.8, 4) is 22.3 Å². The van der Waals surface area contributed by atoms with Gasteiger partial charge in [0.2, 0.25) is 0 Å². The van der Waals surface area contributed by atoms with Crippen molar-refractivity contribution in [3.63, 3.8) is 0 Å². The smallest absolute Gasteiger partial charge is 0.143 e. The summed E-state index contributed by atoms with van der Waals surface area (Å²) in [6, 6.07) is 27.6. The lowest BCUT2D eigenvalue weighted by atomic mass is 9.82. The molecule has 0 saturated heterocycles. The molecule has 1 aromatic heterocycles. The van der Waals surface area contributed by atoms with Gasteiger partial charge in [0, 0.05) is 21.8 Å². The number of hydrogen-bond donors (Lipinski definition) is 0. The minimum Gasteiger partial charge on any atom is -0.455 e. The minimum atomic E-state index is -0.0208. The number of furan rings is 1. The molecule has 0 radical (unpaired) electrons. The quantitative estimate of drug-likeness (QED) is 0.279. The van der Waals surface area contributed by atoms with Crippen LogP contribution in [0.5, 0.6) is 0 Å². The number of rotatable bonds is 1. The van der Waals surface area contributed by atoms with E-state index in [4.69, 9.17) is 16.0 Å². The molecule has 0 N–H and O–H groups in total. The van der Waals surface area contributed by atoms with Crippen molar-refractivity contribution in [2.75, 3.05) is 0 Å². The van der Waals surface area contributed by atoms with E-state index >= 15 is 0 Å². The van der Waals surface area contributed by atoms with Crippen LogP contribution in [0.15, 0.2) is 83.3 Å². The Morgan fingerprint density at radius 2 is 1.38 bits per heavy atom. The highest BCUT2D eigenvalue weighted by Crippen LogP contribution is 2.52. The summed E-state index contributed by atoms with van der Waals surface area (Å²) in [5, 5.41) is 2.77. The predicted octanol–water partition coefficient (Wildman–Crippen LogP) is 8.21. The van der Waals surface area contributed by atoms with Crippen molar-refractivity contribution in [3.05, 3.63) is 95.0 Å². The highest BCUT2D eigenvalue weighted by atomic mass is 35.5. The number of para-hydroxylation sites is 1. The lowest BCUT2D eigenvalue weighted by Gasteiger charge is -2.21. The van der Waals surface area contributed by atoms with Gasteiger partial charge in [-0.05, 0) is 39.9 Å². The van der Waals surface area contributed by atoms with Gasteiger partial charge in [0.25, 0.3) is 0 Å². The Balaban J connectivity index is 1.73. The van der Waals surface area contributed by atoms with Crippen LogP contribution in [0.1, 0.15) is 25.0 Å². The zero-order valence-electron chi connectivity index (χ0n) is 16.3. The topological polar surface area (TPSA) is 13.1 Å². The van der Waals surface area contributed by atoms with Crippen molar-refractivity contribution >= 4 is 33.5 Å². The second kappa shape index (κ2) is 5.75. The summed E-state index contributed by atoms with van der Waals surface area (Å²) in [6.07, 6.45) is 0. The van der Waals surface area contributed by atoms with Gasteiger partial charge in [-0.1, -0.05) is 92.2 Å². The molecule has 0 unspecified atom stereocenters. The van der Waals surface area contributed by atoms with Crippen molar-refractivity contribution in [1.82, 2.24) is 0 Å². The SMILES string of the molecule is CC1(C)c2ccccc2-c2c(-c3cccc4c3oc3cccc(Cl)c34)cccc21. The number of benzene rings is 4. The van der Waals surface area contributed by atoms with Crippen LogP contribution in [-0.2, 0) is 5.41 Å². The molecule has 4 aromatic carbocycles. The fraction of sp³-hybridized carbons (Fsp3) is 0.111. The zero-order valence-corrected chi connectivity index (χ0v) is 17.0. The molecule has 0 bridgehead atoms. The van der Waals surface area contributed by atoms with Crippen LogP contribution in [0.2, 0.25) is 5.02 Å². The average Bonchev–Trinajstić information content (AvgIpc) is 3.23. The molecule has 1 heterocycles. The Labute approximate surface area is 174 Å². The maximum atomic E-state index is 6.51. The minimum absolute atomic E-state index is 0.0208. The highest BCUT2D eigenvalue weighted by molar-refractivity contribution is 6.38. The van der Waals surface area contributed by atoms with Crippen LogP contribution in [0.3, 0.4) is 0 Å². The van der Waals surface area contributed by atoms with Gasteiger partial charge < -0.3 is 4.42 Å². The Bertz CT molecular complexity index is 1440. The van der Waals surface area contributed by atoms with E-state index in [9.17, 15) is 0 Å². The lowest BCUT2D eigenvalue weighted by Crippen LogP contribution is -2.14. The van der Waals surface area contributed by atoms with Gasteiger partial charge in [0.15, 0.2) is 0 Å². The normalized spacial score (nSPS) is 14.3. The average molecular weight is 395 g/mol. The first kappa shape index (κ1) is 16.9. The third-order valence-corrected chi connectivity index (χ3v) is 6.68. The fourth-order valence-electron chi connectivity index (χ4n) is 5.00. The van der Waals surface area contributed by atoms with Crippen LogP contribution in [0.4, 0.5) is 0 Å². The summed E-state index contributed by atoms with van der Waals surface area (Å²) >= 11 is 6.51. The number of hydrogen-bond acceptors (Lipinski definition) is 1. The van der Waals surface area contributed by atoms with Crippen molar-refractivity contribution in [2.24, 2.45) is 0 Å². The molecule has 1 nitrogen and oxygen atoms in total. The standard InChI is InChI=1S/C27H19ClO/c1-27(2)20-12-4-3-8-18(20)24-16(9-6-13-21(24)27)17-10-5-11-19-25-22(28)14-7-15-23(25)29-26(17)19/h3-15H,1-2H3. The molecule has 1 aliphatic rings. The highest BCUT2D eigenvalue weighted by Gasteiger charge is 2.36. The molecule has 0 atom stereocenters. The molecule has 0 aliphatic heterocycles. The van der Waals surface area contributed by atoms with E-state index in [0.717, 1.165) is 32.5 Å². The first-order valence-electron chi connectivity index (χ1n) is 9.91. The van der Waals surface area contributed by atoms with Crippen molar-refractivity contribution in [2.45, 2.75) is 19.3 Å². The lowest BCUT2D eigenvalue weighted by molar-refractivity contribution is 0.660. The van der Waals surface area contributed by atoms with Crippen molar-refractivity contribution in [1.29, 1.82) is 0 Å². The molecule has 0 saturated carbocycles. The number of fused-ring (bicyclic) bond motifs is 6. The third kappa shape index (κ3) is 2.17. The first-order valence-corrected chi connectivity index (χ1v) is 10.3. The predicted molar refractivity (Wildman–Crippen MR) is 122 cm³/mol. The Morgan fingerprint density at radius 3 is 2.28 bits per heavy atom. The molecule has 2 heteroatoms. The second-order valence-corrected chi connectivity index (χ2v) is 8.70. The van der Waals surface area contributed by atoms with Crippen LogP contribution in [0.25, 0.3) is 44.2 Å². The van der Waals surface area contributed by atoms with Crippen LogP contribution in [-0.4, -0.2) is 0 Å². The first-order chi connectivity index (χ1) is 14.1. The van der Waals surface area contributed by atoms with Gasteiger partial charge >= 0.3 is 0 Å². The van der Waals surface area contributed by atoms with Crippen LogP contribution in [0, 0.1) is 0 Å². The van der Waals surface area contributed by atoms with E-state index in [2.05, 4.69) is 74.5 Å². The Kier molecular flexibility index (Phi) is 3.34. The van der Waals surface area contributed by atoms with Gasteiger partial charge in [-0.3, -0.25) is 0 Å². The van der Waals surface area contributed by atoms with Gasteiger partial charge in [-0.25, -0.2) is 0 Å². The maximum absolute atomic E-state index is 6.51. The maximum Gasteiger partial charge on any atom is 0.143 e. The molecular formula is C27H19ClO. The summed E-state index contributed by atoms with van der Waals surface area (Å²) in [6.45, 7) is 4.62. The van der Waals surface area contributed by atoms with E-state index in [0.29, 0.717) is 0 Å². The summed E-state index contributed by atoms with van der Waals surface area (Å²) in [5.41, 5.74) is 9.39. The van der Waals surface area contributed by atoms with Gasteiger partial charge in [0.05, 0.1) is 5.02 Å². The molecule has 29 heavy (non-hydrogen) atoms. The van der Waals surface area contributed by atoms with E-state index in [-0.39, 0.29) is 5.41 Å². The van der Waals surface area contributed by atoms with Crippen LogP contribution >= 0.6 is 11.6 Å². The second-order valence-electron chi connectivity index (χ2n) is 8.30. The fourth-order valence-corrected chi connectivity index (χ4v) is 5.26. The summed E-state index contributed by atoms with van der Waals surface area (Å²) in [5.74, 6) is 0. The van der Waals surface area contributed by atoms with Gasteiger partial charge in [-0.15, -0.1) is 0 Å². The molecule has 0 spiro atoms. The van der Waals surface area contributed by atoms with Gasteiger partial charge in [0.1, 0.15) is 11.2 Å². The zero-order chi connectivity index (χ0) is 19.8. The van der Waals surface area contributed by atoms with E-state index in [1.165, 1.54) is 27.8 Å². The molecular weight excluding hydrogens is 376 g/mol.